The molecule has 0 unspecified atom stereocenters. The molecule has 0 bridgehead atoms. The van der Waals surface area contributed by atoms with Gasteiger partial charge in [-0.25, -0.2) is 0 Å². The molecule has 2 nitrogen and oxygen atoms in total. The van der Waals surface area contributed by atoms with Gasteiger partial charge in [-0.1, -0.05) is 18.2 Å². The molecule has 0 saturated heterocycles. The average Bonchev–Trinajstić information content (AvgIpc) is 2.16. The van der Waals surface area contributed by atoms with Crippen LogP contribution in [0.5, 0.6) is 0 Å². The second-order valence-corrected chi connectivity index (χ2v) is 3.27. The van der Waals surface area contributed by atoms with Crippen LogP contribution in [0, 0.1) is 0 Å². The van der Waals surface area contributed by atoms with E-state index in [9.17, 15) is 13.2 Å². The minimum absolute atomic E-state index is 0.0855. The van der Waals surface area contributed by atoms with E-state index in [1.807, 2.05) is 0 Å². The van der Waals surface area contributed by atoms with Crippen molar-refractivity contribution < 1.29 is 13.2 Å². The predicted octanol–water partition coefficient (Wildman–Crippen LogP) is 2.86. The Balaban J connectivity index is 2.50. The highest BCUT2D eigenvalue weighted by atomic mass is 19.4. The summed E-state index contributed by atoms with van der Waals surface area (Å²) in [6, 6.07) is 7.07. The Morgan fingerprint density at radius 3 is 2.47 bits per heavy atom. The van der Waals surface area contributed by atoms with Gasteiger partial charge in [0.25, 0.3) is 0 Å². The van der Waals surface area contributed by atoms with Crippen LogP contribution in [0.25, 0.3) is 0 Å². The van der Waals surface area contributed by atoms with E-state index in [0.717, 1.165) is 5.56 Å². The van der Waals surface area contributed by atoms with E-state index in [0.29, 0.717) is 12.1 Å². The summed E-state index contributed by atoms with van der Waals surface area (Å²) in [5.41, 5.74) is 3.95. The molecule has 0 atom stereocenters. The monoisotopic (exact) mass is 218 g/mol. The van der Waals surface area contributed by atoms with E-state index < -0.39 is 12.6 Å². The zero-order chi connectivity index (χ0) is 11.3. The van der Waals surface area contributed by atoms with Gasteiger partial charge in [0.15, 0.2) is 0 Å². The van der Waals surface area contributed by atoms with Gasteiger partial charge >= 0.3 is 6.18 Å². The highest BCUT2D eigenvalue weighted by Gasteiger charge is 2.26. The van der Waals surface area contributed by atoms with Crippen molar-refractivity contribution in [3.63, 3.8) is 0 Å². The zero-order valence-electron chi connectivity index (χ0n) is 8.14. The number of hydrazine groups is 1. The molecule has 0 amide bonds. The Labute approximate surface area is 86.2 Å². The minimum atomic E-state index is -4.08. The lowest BCUT2D eigenvalue weighted by Crippen LogP contribution is -2.10. The molecule has 0 aliphatic rings. The number of benzene rings is 1. The van der Waals surface area contributed by atoms with Gasteiger partial charge in [-0.15, -0.1) is 0 Å². The van der Waals surface area contributed by atoms with E-state index >= 15 is 0 Å². The summed E-state index contributed by atoms with van der Waals surface area (Å²) in [5, 5.41) is 0. The molecule has 0 spiro atoms. The topological polar surface area (TPSA) is 38.0 Å². The molecule has 0 fully saturated rings. The van der Waals surface area contributed by atoms with Gasteiger partial charge in [-0.05, 0) is 24.5 Å². The van der Waals surface area contributed by atoms with Gasteiger partial charge in [-0.3, -0.25) is 5.84 Å². The van der Waals surface area contributed by atoms with Gasteiger partial charge in [0.05, 0.1) is 5.69 Å². The summed E-state index contributed by atoms with van der Waals surface area (Å²) in [6.07, 6.45) is -4.38. The van der Waals surface area contributed by atoms with Crippen LogP contribution in [0.4, 0.5) is 18.9 Å². The molecule has 0 aromatic heterocycles. The van der Waals surface area contributed by atoms with Crippen LogP contribution in [0.2, 0.25) is 0 Å². The van der Waals surface area contributed by atoms with Crippen molar-refractivity contribution in [3.05, 3.63) is 29.8 Å². The number of halogens is 3. The summed E-state index contributed by atoms with van der Waals surface area (Å²) in [4.78, 5) is 0. The number of nitrogens with two attached hydrogens (primary N) is 1. The Hall–Kier alpha value is -1.23. The zero-order valence-corrected chi connectivity index (χ0v) is 8.14. The predicted molar refractivity (Wildman–Crippen MR) is 53.2 cm³/mol. The minimum Gasteiger partial charge on any atom is -0.324 e. The smallest absolute Gasteiger partial charge is 0.324 e. The lowest BCUT2D eigenvalue weighted by Gasteiger charge is -2.09. The molecule has 15 heavy (non-hydrogen) atoms. The Bertz CT molecular complexity index is 310. The van der Waals surface area contributed by atoms with E-state index in [2.05, 4.69) is 5.43 Å². The standard InChI is InChI=1S/C10H13F3N2/c11-10(12,13)7-3-5-8-4-1-2-6-9(8)15-14/h1-2,4,6,15H,3,5,7,14H2. The van der Waals surface area contributed by atoms with E-state index in [4.69, 9.17) is 5.84 Å². The van der Waals surface area contributed by atoms with E-state index in [-0.39, 0.29) is 6.42 Å². The summed E-state index contributed by atoms with van der Waals surface area (Å²) >= 11 is 0. The quantitative estimate of drug-likeness (QED) is 0.602. The van der Waals surface area contributed by atoms with Crippen molar-refractivity contribution in [3.8, 4) is 0 Å². The van der Waals surface area contributed by atoms with Crippen molar-refractivity contribution in [2.75, 3.05) is 5.43 Å². The lowest BCUT2D eigenvalue weighted by molar-refractivity contribution is -0.135. The SMILES string of the molecule is NNc1ccccc1CCCC(F)(F)F. The van der Waals surface area contributed by atoms with Crippen LogP contribution in [0.1, 0.15) is 18.4 Å². The molecule has 0 aliphatic heterocycles. The Morgan fingerprint density at radius 2 is 1.87 bits per heavy atom. The first-order valence-electron chi connectivity index (χ1n) is 4.64. The molecule has 0 heterocycles. The van der Waals surface area contributed by atoms with Crippen molar-refractivity contribution >= 4 is 5.69 Å². The number of alkyl halides is 3. The second-order valence-electron chi connectivity index (χ2n) is 3.27. The van der Waals surface area contributed by atoms with Gasteiger partial charge < -0.3 is 5.43 Å². The number of nitrogen functional groups attached to an aromatic ring is 1. The normalized spacial score (nSPS) is 11.5. The second kappa shape index (κ2) is 5.02. The largest absolute Gasteiger partial charge is 0.389 e. The first-order valence-corrected chi connectivity index (χ1v) is 4.64. The number of hydrogen-bond acceptors (Lipinski definition) is 2. The highest BCUT2D eigenvalue weighted by Crippen LogP contribution is 2.24. The number of rotatable bonds is 4. The first kappa shape index (κ1) is 11.8. The fraction of sp³-hybridized carbons (Fsp3) is 0.400. The molecule has 0 aliphatic carbocycles. The van der Waals surface area contributed by atoms with Crippen LogP contribution in [-0.4, -0.2) is 6.18 Å². The van der Waals surface area contributed by atoms with Crippen LogP contribution in [0.3, 0.4) is 0 Å². The number of anilines is 1. The third-order valence-electron chi connectivity index (χ3n) is 2.08. The molecule has 1 rings (SSSR count). The molecule has 0 saturated carbocycles. The summed E-state index contributed by atoms with van der Waals surface area (Å²) in [6.45, 7) is 0. The molecular weight excluding hydrogens is 205 g/mol. The molecule has 3 N–H and O–H groups in total. The maximum Gasteiger partial charge on any atom is 0.389 e. The van der Waals surface area contributed by atoms with Crippen LogP contribution >= 0.6 is 0 Å². The molecular formula is C10H13F3N2. The van der Waals surface area contributed by atoms with Gasteiger partial charge in [0.1, 0.15) is 0 Å². The van der Waals surface area contributed by atoms with Crippen LogP contribution in [0.15, 0.2) is 24.3 Å². The summed E-state index contributed by atoms with van der Waals surface area (Å²) < 4.78 is 35.7. The highest BCUT2D eigenvalue weighted by molar-refractivity contribution is 5.49. The van der Waals surface area contributed by atoms with Crippen LogP contribution < -0.4 is 11.3 Å². The average molecular weight is 218 g/mol. The molecule has 0 radical (unpaired) electrons. The fourth-order valence-corrected chi connectivity index (χ4v) is 1.36. The van der Waals surface area contributed by atoms with E-state index in [1.165, 1.54) is 0 Å². The molecule has 84 valence electrons. The van der Waals surface area contributed by atoms with E-state index in [1.54, 1.807) is 24.3 Å². The third kappa shape index (κ3) is 4.20. The van der Waals surface area contributed by atoms with Crippen molar-refractivity contribution in [2.45, 2.75) is 25.4 Å². The van der Waals surface area contributed by atoms with Gasteiger partial charge in [0, 0.05) is 6.42 Å². The van der Waals surface area contributed by atoms with Crippen molar-refractivity contribution in [1.82, 2.24) is 0 Å². The molecule has 1 aromatic carbocycles. The molecule has 5 heteroatoms. The van der Waals surface area contributed by atoms with Gasteiger partial charge in [0.2, 0.25) is 0 Å². The maximum absolute atomic E-state index is 11.9. The number of nitrogens with one attached hydrogen (secondary N) is 1. The van der Waals surface area contributed by atoms with Crippen molar-refractivity contribution in [1.29, 1.82) is 0 Å². The molecule has 1 aromatic rings. The lowest BCUT2D eigenvalue weighted by atomic mass is 10.1. The number of hydrogen-bond donors (Lipinski definition) is 2. The van der Waals surface area contributed by atoms with Gasteiger partial charge in [-0.2, -0.15) is 13.2 Å². The summed E-state index contributed by atoms with van der Waals surface area (Å²) in [7, 11) is 0. The third-order valence-corrected chi connectivity index (χ3v) is 2.08. The summed E-state index contributed by atoms with van der Waals surface area (Å²) in [5.74, 6) is 5.24. The Kier molecular flexibility index (Phi) is 3.96. The van der Waals surface area contributed by atoms with Crippen molar-refractivity contribution in [2.24, 2.45) is 5.84 Å². The number of aryl methyl sites for hydroxylation is 1. The maximum atomic E-state index is 11.9. The first-order chi connectivity index (χ1) is 7.03. The van der Waals surface area contributed by atoms with Crippen LogP contribution in [-0.2, 0) is 6.42 Å². The fourth-order valence-electron chi connectivity index (χ4n) is 1.36. The Morgan fingerprint density at radius 1 is 1.20 bits per heavy atom. The number of para-hydroxylation sites is 1.